The summed E-state index contributed by atoms with van der Waals surface area (Å²) in [6.07, 6.45) is 1.73. The molecule has 138 valence electrons. The minimum atomic E-state index is -0.0626. The Morgan fingerprint density at radius 3 is 2.38 bits per heavy atom. The Morgan fingerprint density at radius 1 is 1.08 bits per heavy atom. The average molecular weight is 375 g/mol. The predicted octanol–water partition coefficient (Wildman–Crippen LogP) is 2.41. The molecular formula is C18H21N3O4S. The number of fused-ring (bicyclic) bond motifs is 1. The monoisotopic (exact) mass is 375 g/mol. The van der Waals surface area contributed by atoms with Gasteiger partial charge in [-0.2, -0.15) is 0 Å². The summed E-state index contributed by atoms with van der Waals surface area (Å²) < 4.78 is 17.7. The smallest absolute Gasteiger partial charge is 0.258 e. The van der Waals surface area contributed by atoms with Gasteiger partial charge in [-0.15, -0.1) is 11.3 Å². The van der Waals surface area contributed by atoms with Gasteiger partial charge in [-0.3, -0.25) is 14.1 Å². The van der Waals surface area contributed by atoms with Gasteiger partial charge in [-0.25, -0.2) is 4.98 Å². The molecule has 26 heavy (non-hydrogen) atoms. The zero-order valence-electron chi connectivity index (χ0n) is 15.2. The van der Waals surface area contributed by atoms with E-state index >= 15 is 0 Å². The predicted molar refractivity (Wildman–Crippen MR) is 101 cm³/mol. The maximum absolute atomic E-state index is 12.1. The van der Waals surface area contributed by atoms with E-state index in [1.165, 1.54) is 11.3 Å². The molecule has 0 aliphatic rings. The minimum absolute atomic E-state index is 0.0626. The lowest BCUT2D eigenvalue weighted by Crippen LogP contribution is -2.21. The third-order valence-corrected chi connectivity index (χ3v) is 4.72. The van der Waals surface area contributed by atoms with Crippen LogP contribution in [0.1, 0.15) is 11.3 Å². The van der Waals surface area contributed by atoms with Crippen molar-refractivity contribution in [2.45, 2.75) is 13.1 Å². The summed E-state index contributed by atoms with van der Waals surface area (Å²) in [7, 11) is 6.75. The van der Waals surface area contributed by atoms with Gasteiger partial charge in [0.25, 0.3) is 5.56 Å². The normalized spacial score (nSPS) is 11.1. The van der Waals surface area contributed by atoms with Crippen LogP contribution in [0.3, 0.4) is 0 Å². The Bertz CT molecular complexity index is 941. The summed E-state index contributed by atoms with van der Waals surface area (Å²) in [5, 5.41) is 1.85. The van der Waals surface area contributed by atoms with E-state index < -0.39 is 0 Å². The minimum Gasteiger partial charge on any atom is -0.493 e. The second-order valence-electron chi connectivity index (χ2n) is 5.85. The van der Waals surface area contributed by atoms with Gasteiger partial charge in [0.1, 0.15) is 0 Å². The van der Waals surface area contributed by atoms with Crippen molar-refractivity contribution >= 4 is 16.3 Å². The van der Waals surface area contributed by atoms with Crippen molar-refractivity contribution in [2.24, 2.45) is 0 Å². The van der Waals surface area contributed by atoms with Crippen LogP contribution in [0.5, 0.6) is 17.2 Å². The van der Waals surface area contributed by atoms with E-state index in [2.05, 4.69) is 9.88 Å². The standard InChI is InChI=1S/C18H21N3O4S/c1-20(11-13-9-16(22)21-5-6-26-18(21)19-13)10-12-7-14(23-2)17(25-4)15(8-12)24-3/h5-9H,10-11H2,1-4H3. The fourth-order valence-electron chi connectivity index (χ4n) is 2.84. The Balaban J connectivity index is 1.80. The molecule has 2 aromatic heterocycles. The van der Waals surface area contributed by atoms with Gasteiger partial charge in [0.2, 0.25) is 5.75 Å². The van der Waals surface area contributed by atoms with Crippen LogP contribution >= 0.6 is 11.3 Å². The number of aromatic nitrogens is 2. The fraction of sp³-hybridized carbons (Fsp3) is 0.333. The highest BCUT2D eigenvalue weighted by Gasteiger charge is 2.14. The van der Waals surface area contributed by atoms with Crippen molar-refractivity contribution in [1.82, 2.24) is 14.3 Å². The van der Waals surface area contributed by atoms with E-state index in [0.29, 0.717) is 35.3 Å². The van der Waals surface area contributed by atoms with Crippen LogP contribution in [0.25, 0.3) is 4.96 Å². The largest absolute Gasteiger partial charge is 0.493 e. The van der Waals surface area contributed by atoms with Gasteiger partial charge in [0, 0.05) is 30.7 Å². The first-order valence-electron chi connectivity index (χ1n) is 7.99. The lowest BCUT2D eigenvalue weighted by atomic mass is 10.1. The molecule has 0 aliphatic carbocycles. The number of thiazole rings is 1. The van der Waals surface area contributed by atoms with Crippen LogP contribution in [0.2, 0.25) is 0 Å². The molecule has 0 fully saturated rings. The molecule has 0 saturated heterocycles. The van der Waals surface area contributed by atoms with Gasteiger partial charge < -0.3 is 14.2 Å². The van der Waals surface area contributed by atoms with Crippen molar-refractivity contribution in [3.8, 4) is 17.2 Å². The van der Waals surface area contributed by atoms with Crippen LogP contribution in [-0.4, -0.2) is 42.7 Å². The van der Waals surface area contributed by atoms with E-state index in [9.17, 15) is 4.79 Å². The number of hydrogen-bond acceptors (Lipinski definition) is 7. The molecule has 0 aliphatic heterocycles. The highest BCUT2D eigenvalue weighted by atomic mass is 32.1. The number of rotatable bonds is 7. The fourth-order valence-corrected chi connectivity index (χ4v) is 3.58. The lowest BCUT2D eigenvalue weighted by Gasteiger charge is -2.19. The number of methoxy groups -OCH3 is 3. The number of hydrogen-bond donors (Lipinski definition) is 0. The first kappa shape index (κ1) is 18.2. The molecule has 0 spiro atoms. The Hall–Kier alpha value is -2.58. The first-order valence-corrected chi connectivity index (χ1v) is 8.87. The van der Waals surface area contributed by atoms with Crippen LogP contribution in [0.4, 0.5) is 0 Å². The van der Waals surface area contributed by atoms with Crippen molar-refractivity contribution in [2.75, 3.05) is 28.4 Å². The molecule has 0 atom stereocenters. The zero-order valence-corrected chi connectivity index (χ0v) is 16.0. The summed E-state index contributed by atoms with van der Waals surface area (Å²) in [6.45, 7) is 1.20. The Kier molecular flexibility index (Phi) is 5.43. The second kappa shape index (κ2) is 7.76. The highest BCUT2D eigenvalue weighted by molar-refractivity contribution is 7.15. The summed E-state index contributed by atoms with van der Waals surface area (Å²) in [5.74, 6) is 1.80. The zero-order chi connectivity index (χ0) is 18.7. The summed E-state index contributed by atoms with van der Waals surface area (Å²) in [5.41, 5.74) is 1.69. The molecule has 7 nitrogen and oxygen atoms in total. The van der Waals surface area contributed by atoms with Gasteiger partial charge in [-0.05, 0) is 24.7 Å². The quantitative estimate of drug-likeness (QED) is 0.632. The molecule has 0 saturated carbocycles. The van der Waals surface area contributed by atoms with E-state index in [0.717, 1.165) is 11.3 Å². The van der Waals surface area contributed by atoms with Crippen LogP contribution in [0, 0.1) is 0 Å². The molecule has 1 aromatic carbocycles. The van der Waals surface area contributed by atoms with E-state index in [4.69, 9.17) is 14.2 Å². The SMILES string of the molecule is COc1cc(CN(C)Cc2cc(=O)n3ccsc3n2)cc(OC)c1OC. The van der Waals surface area contributed by atoms with Crippen molar-refractivity contribution in [1.29, 1.82) is 0 Å². The molecular weight excluding hydrogens is 354 g/mol. The second-order valence-corrected chi connectivity index (χ2v) is 6.72. The molecule has 0 bridgehead atoms. The topological polar surface area (TPSA) is 65.3 Å². The summed E-state index contributed by atoms with van der Waals surface area (Å²) in [4.78, 5) is 19.4. The first-order chi connectivity index (χ1) is 12.5. The van der Waals surface area contributed by atoms with Crippen LogP contribution in [0.15, 0.2) is 34.6 Å². The molecule has 0 unspecified atom stereocenters. The number of benzene rings is 1. The number of nitrogens with zero attached hydrogens (tertiary/aromatic N) is 3. The van der Waals surface area contributed by atoms with E-state index in [1.54, 1.807) is 38.0 Å². The molecule has 3 aromatic rings. The van der Waals surface area contributed by atoms with Crippen molar-refractivity contribution in [3.05, 3.63) is 51.4 Å². The van der Waals surface area contributed by atoms with Crippen molar-refractivity contribution in [3.63, 3.8) is 0 Å². The maximum Gasteiger partial charge on any atom is 0.258 e. The number of ether oxygens (including phenoxy) is 3. The van der Waals surface area contributed by atoms with Crippen LogP contribution in [-0.2, 0) is 13.1 Å². The van der Waals surface area contributed by atoms with Gasteiger partial charge in [-0.1, -0.05) is 0 Å². The van der Waals surface area contributed by atoms with Crippen molar-refractivity contribution < 1.29 is 14.2 Å². The third-order valence-electron chi connectivity index (χ3n) is 3.97. The lowest BCUT2D eigenvalue weighted by molar-refractivity contribution is 0.306. The Labute approximate surface area is 155 Å². The van der Waals surface area contributed by atoms with Crippen LogP contribution < -0.4 is 19.8 Å². The van der Waals surface area contributed by atoms with Gasteiger partial charge in [0.05, 0.1) is 27.0 Å². The Morgan fingerprint density at radius 2 is 1.77 bits per heavy atom. The average Bonchev–Trinajstić information content (AvgIpc) is 3.09. The third kappa shape index (κ3) is 3.66. The highest BCUT2D eigenvalue weighted by Crippen LogP contribution is 2.38. The summed E-state index contributed by atoms with van der Waals surface area (Å²) in [6, 6.07) is 5.41. The summed E-state index contributed by atoms with van der Waals surface area (Å²) >= 11 is 1.45. The molecule has 0 amide bonds. The molecule has 2 heterocycles. The van der Waals surface area contributed by atoms with Gasteiger partial charge in [0.15, 0.2) is 16.5 Å². The molecule has 8 heteroatoms. The molecule has 0 radical (unpaired) electrons. The molecule has 0 N–H and O–H groups in total. The molecule has 3 rings (SSSR count). The van der Waals surface area contributed by atoms with E-state index in [-0.39, 0.29) is 5.56 Å². The maximum atomic E-state index is 12.1. The van der Waals surface area contributed by atoms with Gasteiger partial charge >= 0.3 is 0 Å². The van der Waals surface area contributed by atoms with E-state index in [1.807, 2.05) is 24.6 Å².